The largest absolute Gasteiger partial charge is 0.493 e. The van der Waals surface area contributed by atoms with Gasteiger partial charge >= 0.3 is 0 Å². The lowest BCUT2D eigenvalue weighted by molar-refractivity contribution is -0.122. The van der Waals surface area contributed by atoms with Gasteiger partial charge in [-0.1, -0.05) is 0 Å². The van der Waals surface area contributed by atoms with Crippen molar-refractivity contribution in [2.45, 2.75) is 12.5 Å². The number of rotatable bonds is 2. The molecule has 0 spiro atoms. The second kappa shape index (κ2) is 9.05. The van der Waals surface area contributed by atoms with Gasteiger partial charge in [-0.05, 0) is 18.2 Å². The zero-order chi connectivity index (χ0) is 24.5. The van der Waals surface area contributed by atoms with Gasteiger partial charge in [0.2, 0.25) is 5.95 Å². The van der Waals surface area contributed by atoms with E-state index in [1.807, 2.05) is 29.5 Å². The van der Waals surface area contributed by atoms with Gasteiger partial charge in [-0.3, -0.25) is 9.20 Å². The van der Waals surface area contributed by atoms with Crippen LogP contribution in [0.3, 0.4) is 0 Å². The van der Waals surface area contributed by atoms with Crippen molar-refractivity contribution in [1.29, 1.82) is 0 Å². The van der Waals surface area contributed by atoms with Crippen molar-refractivity contribution < 1.29 is 23.8 Å². The normalized spacial score (nSPS) is 15.6. The molecule has 0 radical (unpaired) electrons. The third kappa shape index (κ3) is 3.92. The lowest BCUT2D eigenvalue weighted by atomic mass is 9.96. The van der Waals surface area contributed by atoms with Crippen LogP contribution in [0.5, 0.6) is 11.5 Å². The predicted molar refractivity (Wildman–Crippen MR) is 124 cm³/mol. The number of fused-ring (bicyclic) bond motifs is 3. The monoisotopic (exact) mass is 479 g/mol. The zero-order valence-electron chi connectivity index (χ0n) is 19.0. The van der Waals surface area contributed by atoms with E-state index < -0.39 is 0 Å². The van der Waals surface area contributed by atoms with Crippen LogP contribution in [0.2, 0.25) is 0 Å². The van der Waals surface area contributed by atoms with Crippen LogP contribution in [0.4, 0.5) is 16.2 Å². The highest BCUT2D eigenvalue weighted by molar-refractivity contribution is 5.81. The SMILES string of the molecule is CN(C)c1ncc(-c2cc3c(n4cnnc24)NCc2c(F)ccc4c2[C@H](CO4)CO3)cn1.O=CO. The van der Waals surface area contributed by atoms with Crippen LogP contribution in [0.1, 0.15) is 17.0 Å². The van der Waals surface area contributed by atoms with E-state index in [0.717, 1.165) is 22.4 Å². The first-order valence-corrected chi connectivity index (χ1v) is 10.8. The van der Waals surface area contributed by atoms with E-state index in [1.165, 1.54) is 6.07 Å². The van der Waals surface area contributed by atoms with E-state index in [1.54, 1.807) is 24.8 Å². The molecule has 0 fully saturated rings. The summed E-state index contributed by atoms with van der Waals surface area (Å²) < 4.78 is 28.6. The van der Waals surface area contributed by atoms with E-state index in [0.29, 0.717) is 48.5 Å². The molecule has 5 heterocycles. The molecule has 2 aliphatic heterocycles. The highest BCUT2D eigenvalue weighted by atomic mass is 19.1. The Morgan fingerprint density at radius 1 is 1.20 bits per heavy atom. The fourth-order valence-corrected chi connectivity index (χ4v) is 4.29. The topological polar surface area (TPSA) is 127 Å². The molecule has 0 aliphatic carbocycles. The number of nitrogens with one attached hydrogen (secondary N) is 1. The second-order valence-electron chi connectivity index (χ2n) is 8.18. The highest BCUT2D eigenvalue weighted by Crippen LogP contribution is 2.41. The molecule has 2 N–H and O–H groups in total. The summed E-state index contributed by atoms with van der Waals surface area (Å²) in [6, 6.07) is 5.04. The van der Waals surface area contributed by atoms with Crippen molar-refractivity contribution in [2.75, 3.05) is 37.5 Å². The quantitative estimate of drug-likeness (QED) is 0.414. The lowest BCUT2D eigenvalue weighted by Gasteiger charge is -2.17. The Morgan fingerprint density at radius 3 is 2.63 bits per heavy atom. The molecular formula is C23H22FN7O4. The third-order valence-corrected chi connectivity index (χ3v) is 5.87. The molecule has 0 unspecified atom stereocenters. The fourth-order valence-electron chi connectivity index (χ4n) is 4.29. The van der Waals surface area contributed by atoms with E-state index >= 15 is 0 Å². The van der Waals surface area contributed by atoms with Crippen LogP contribution < -0.4 is 19.7 Å². The summed E-state index contributed by atoms with van der Waals surface area (Å²) in [5.41, 5.74) is 3.68. The van der Waals surface area contributed by atoms with Gasteiger partial charge < -0.3 is 24.8 Å². The first-order chi connectivity index (χ1) is 17.0. The number of pyridine rings is 1. The molecule has 11 nitrogen and oxygen atoms in total. The van der Waals surface area contributed by atoms with Gasteiger partial charge in [0.05, 0.1) is 19.1 Å². The van der Waals surface area contributed by atoms with Crippen molar-refractivity contribution in [3.05, 3.63) is 53.9 Å². The Morgan fingerprint density at radius 2 is 1.91 bits per heavy atom. The van der Waals surface area contributed by atoms with Crippen molar-refractivity contribution in [1.82, 2.24) is 24.6 Å². The molecule has 180 valence electrons. The molecule has 35 heavy (non-hydrogen) atoms. The number of halogens is 1. The number of anilines is 2. The van der Waals surface area contributed by atoms with Crippen molar-refractivity contribution in [3.63, 3.8) is 0 Å². The highest BCUT2D eigenvalue weighted by Gasteiger charge is 2.31. The Balaban J connectivity index is 0.000000806. The van der Waals surface area contributed by atoms with Gasteiger partial charge in [0.15, 0.2) is 17.2 Å². The van der Waals surface area contributed by atoms with Crippen molar-refractivity contribution in [3.8, 4) is 22.6 Å². The molecular weight excluding hydrogens is 457 g/mol. The standard InChI is InChI=1S/C22H20FN7O2.CH2O2/c1-29(2)22-25-6-12(7-26-22)14-5-18-21(30-11-27-28-20(14)30)24-8-15-16(23)3-4-17-19(15)13(9-31-17)10-32-18;2-1-3/h3-7,11,13,24H,8-10H2,1-2H3;1H,(H,2,3)/t13-;/m1./s1. The lowest BCUT2D eigenvalue weighted by Crippen LogP contribution is -2.13. The van der Waals surface area contributed by atoms with Crippen molar-refractivity contribution >= 4 is 23.9 Å². The van der Waals surface area contributed by atoms with Crippen LogP contribution in [-0.2, 0) is 11.3 Å². The maximum absolute atomic E-state index is 14.7. The van der Waals surface area contributed by atoms with Gasteiger partial charge in [-0.2, -0.15) is 0 Å². The predicted octanol–water partition coefficient (Wildman–Crippen LogP) is 2.57. The number of ether oxygens (including phenoxy) is 2. The second-order valence-corrected chi connectivity index (χ2v) is 8.18. The number of hydrogen-bond acceptors (Lipinski definition) is 9. The van der Waals surface area contributed by atoms with Gasteiger partial charge in [-0.15, -0.1) is 10.2 Å². The van der Waals surface area contributed by atoms with Crippen LogP contribution in [-0.4, -0.2) is 63.5 Å². The first-order valence-electron chi connectivity index (χ1n) is 10.8. The number of carbonyl (C=O) groups is 1. The third-order valence-electron chi connectivity index (χ3n) is 5.87. The summed E-state index contributed by atoms with van der Waals surface area (Å²) in [7, 11) is 3.77. The maximum atomic E-state index is 14.7. The molecule has 3 aromatic heterocycles. The van der Waals surface area contributed by atoms with Gasteiger partial charge in [0.25, 0.3) is 6.47 Å². The molecule has 0 saturated carbocycles. The molecule has 4 aromatic rings. The van der Waals surface area contributed by atoms with Crippen LogP contribution in [0.15, 0.2) is 36.9 Å². The van der Waals surface area contributed by atoms with Crippen LogP contribution in [0, 0.1) is 5.82 Å². The molecule has 0 amide bonds. The molecule has 0 saturated heterocycles. The van der Waals surface area contributed by atoms with E-state index in [4.69, 9.17) is 19.4 Å². The number of nitrogens with zero attached hydrogens (tertiary/aromatic N) is 6. The van der Waals surface area contributed by atoms with E-state index in [-0.39, 0.29) is 18.2 Å². The Kier molecular flexibility index (Phi) is 5.77. The fraction of sp³-hybridized carbons (Fsp3) is 0.261. The Labute approximate surface area is 199 Å². The van der Waals surface area contributed by atoms with Gasteiger partial charge in [0.1, 0.15) is 17.9 Å². The summed E-state index contributed by atoms with van der Waals surface area (Å²) in [5, 5.41) is 18.6. The van der Waals surface area contributed by atoms with Gasteiger partial charge in [0, 0.05) is 55.3 Å². The van der Waals surface area contributed by atoms with E-state index in [2.05, 4.69) is 25.5 Å². The first kappa shape index (κ1) is 22.3. The zero-order valence-corrected chi connectivity index (χ0v) is 19.0. The molecule has 1 atom stereocenters. The van der Waals surface area contributed by atoms with Crippen LogP contribution in [0.25, 0.3) is 16.8 Å². The Hall–Kier alpha value is -4.48. The average molecular weight is 479 g/mol. The Bertz CT molecular complexity index is 1390. The summed E-state index contributed by atoms with van der Waals surface area (Å²) >= 11 is 0. The minimum absolute atomic E-state index is 0.0498. The number of aromatic nitrogens is 5. The maximum Gasteiger partial charge on any atom is 0.290 e. The number of hydrogen-bond donors (Lipinski definition) is 2. The average Bonchev–Trinajstić information content (AvgIpc) is 3.51. The van der Waals surface area contributed by atoms with Crippen LogP contribution >= 0.6 is 0 Å². The number of carboxylic acid groups (broad SMARTS) is 1. The minimum atomic E-state index is -0.259. The smallest absolute Gasteiger partial charge is 0.290 e. The van der Waals surface area contributed by atoms with Gasteiger partial charge in [-0.25, -0.2) is 14.4 Å². The molecule has 1 aromatic carbocycles. The van der Waals surface area contributed by atoms with E-state index in [9.17, 15) is 4.39 Å². The minimum Gasteiger partial charge on any atom is -0.493 e. The summed E-state index contributed by atoms with van der Waals surface area (Å²) in [4.78, 5) is 19.0. The summed E-state index contributed by atoms with van der Waals surface area (Å²) in [6.07, 6.45) is 5.12. The molecule has 0 bridgehead atoms. The van der Waals surface area contributed by atoms with Crippen molar-refractivity contribution in [2.24, 2.45) is 0 Å². The molecule has 2 aliphatic rings. The molecule has 12 heteroatoms. The number of benzene rings is 1. The molecule has 6 rings (SSSR count). The summed E-state index contributed by atoms with van der Waals surface area (Å²) in [6.45, 7) is 0.864. The summed E-state index contributed by atoms with van der Waals surface area (Å²) in [5.74, 6) is 2.30.